The third kappa shape index (κ3) is 3.02. The van der Waals surface area contributed by atoms with E-state index < -0.39 is 0 Å². The summed E-state index contributed by atoms with van der Waals surface area (Å²) in [7, 11) is 1.82. The maximum atomic E-state index is 5.59. The number of hydrogen-bond donors (Lipinski definition) is 1. The first-order valence-corrected chi connectivity index (χ1v) is 8.04. The van der Waals surface area contributed by atoms with E-state index in [-0.39, 0.29) is 0 Å². The smallest absolute Gasteiger partial charge is 0.123 e. The summed E-state index contributed by atoms with van der Waals surface area (Å²) in [6.07, 6.45) is 7.09. The Hall–Kier alpha value is -1.39. The summed E-state index contributed by atoms with van der Waals surface area (Å²) < 4.78 is 5.59. The van der Waals surface area contributed by atoms with Gasteiger partial charge in [-0.1, -0.05) is 12.8 Å². The lowest BCUT2D eigenvalue weighted by Gasteiger charge is -2.31. The minimum Gasteiger partial charge on any atom is -0.380 e. The predicted molar refractivity (Wildman–Crippen MR) is 84.2 cm³/mol. The number of hydrogen-bond acceptors (Lipinski definition) is 4. The fourth-order valence-electron chi connectivity index (χ4n) is 2.83. The van der Waals surface area contributed by atoms with Crippen molar-refractivity contribution >= 4 is 17.0 Å². The van der Waals surface area contributed by atoms with Crippen molar-refractivity contribution < 1.29 is 4.74 Å². The molecule has 0 aliphatic heterocycles. The van der Waals surface area contributed by atoms with Crippen molar-refractivity contribution in [2.24, 2.45) is 0 Å². The first-order chi connectivity index (χ1) is 9.86. The molecule has 0 saturated heterocycles. The summed E-state index contributed by atoms with van der Waals surface area (Å²) in [5, 5.41) is 6.69. The molecule has 1 N–H and O–H groups in total. The molecule has 2 unspecified atom stereocenters. The van der Waals surface area contributed by atoms with Crippen molar-refractivity contribution in [3.05, 3.63) is 35.8 Å². The Labute approximate surface area is 124 Å². The van der Waals surface area contributed by atoms with E-state index in [2.05, 4.69) is 34.6 Å². The van der Waals surface area contributed by atoms with E-state index in [1.54, 1.807) is 11.3 Å². The average Bonchev–Trinajstić information content (AvgIpc) is 3.03. The fourth-order valence-corrected chi connectivity index (χ4v) is 3.48. The normalized spacial score (nSPS) is 22.6. The summed E-state index contributed by atoms with van der Waals surface area (Å²) >= 11 is 1.67. The number of methoxy groups -OCH3 is 1. The fraction of sp³-hybridized carbons (Fsp3) is 0.438. The second kappa shape index (κ2) is 6.37. The number of aromatic nitrogens is 1. The molecule has 1 fully saturated rings. The van der Waals surface area contributed by atoms with Gasteiger partial charge in [-0.3, -0.25) is 0 Å². The molecular formula is C16H20N2OS. The average molecular weight is 288 g/mol. The molecule has 0 spiro atoms. The number of rotatable bonds is 4. The van der Waals surface area contributed by atoms with E-state index in [4.69, 9.17) is 4.74 Å². The van der Waals surface area contributed by atoms with E-state index in [1.807, 2.05) is 18.7 Å². The number of ether oxygens (including phenoxy) is 1. The van der Waals surface area contributed by atoms with E-state index in [0.29, 0.717) is 12.1 Å². The van der Waals surface area contributed by atoms with E-state index in [0.717, 1.165) is 11.4 Å². The van der Waals surface area contributed by atoms with Crippen LogP contribution in [-0.4, -0.2) is 24.2 Å². The maximum Gasteiger partial charge on any atom is 0.123 e. The first-order valence-electron chi connectivity index (χ1n) is 7.16. The van der Waals surface area contributed by atoms with Crippen LogP contribution in [0.2, 0.25) is 0 Å². The zero-order valence-corrected chi connectivity index (χ0v) is 12.5. The van der Waals surface area contributed by atoms with Crippen molar-refractivity contribution in [1.29, 1.82) is 0 Å². The Kier molecular flexibility index (Phi) is 4.33. The van der Waals surface area contributed by atoms with Crippen LogP contribution in [0.1, 0.15) is 25.7 Å². The molecule has 106 valence electrons. The molecule has 2 aromatic rings. The maximum absolute atomic E-state index is 5.59. The molecule has 1 saturated carbocycles. The topological polar surface area (TPSA) is 34.1 Å². The Bertz CT molecular complexity index is 524. The quantitative estimate of drug-likeness (QED) is 0.916. The second-order valence-corrected chi connectivity index (χ2v) is 6.12. The largest absolute Gasteiger partial charge is 0.380 e. The zero-order valence-electron chi connectivity index (χ0n) is 11.7. The van der Waals surface area contributed by atoms with Crippen molar-refractivity contribution in [3.63, 3.8) is 0 Å². The van der Waals surface area contributed by atoms with Crippen LogP contribution in [-0.2, 0) is 4.74 Å². The first kappa shape index (κ1) is 13.6. The van der Waals surface area contributed by atoms with Crippen molar-refractivity contribution in [3.8, 4) is 10.6 Å². The number of thiazole rings is 1. The van der Waals surface area contributed by atoms with E-state index >= 15 is 0 Å². The van der Waals surface area contributed by atoms with Crippen LogP contribution in [0.4, 0.5) is 5.69 Å². The summed E-state index contributed by atoms with van der Waals surface area (Å²) in [4.78, 5) is 4.34. The highest BCUT2D eigenvalue weighted by Gasteiger charge is 2.24. The molecular weight excluding hydrogens is 268 g/mol. The van der Waals surface area contributed by atoms with Crippen LogP contribution >= 0.6 is 11.3 Å². The molecule has 1 aromatic carbocycles. The summed E-state index contributed by atoms with van der Waals surface area (Å²) in [5.74, 6) is 0. The van der Waals surface area contributed by atoms with Gasteiger partial charge in [-0.05, 0) is 37.1 Å². The van der Waals surface area contributed by atoms with Gasteiger partial charge in [0.25, 0.3) is 0 Å². The number of nitrogens with one attached hydrogen (secondary N) is 1. The van der Waals surface area contributed by atoms with Crippen LogP contribution in [0, 0.1) is 0 Å². The van der Waals surface area contributed by atoms with Gasteiger partial charge >= 0.3 is 0 Å². The van der Waals surface area contributed by atoms with Gasteiger partial charge in [0.15, 0.2) is 0 Å². The molecule has 3 rings (SSSR count). The molecule has 1 aliphatic carbocycles. The van der Waals surface area contributed by atoms with E-state index in [1.165, 1.54) is 30.5 Å². The zero-order chi connectivity index (χ0) is 13.8. The van der Waals surface area contributed by atoms with Crippen LogP contribution in [0.3, 0.4) is 0 Å². The van der Waals surface area contributed by atoms with Gasteiger partial charge in [-0.2, -0.15) is 0 Å². The lowest BCUT2D eigenvalue weighted by Crippen LogP contribution is -2.37. The van der Waals surface area contributed by atoms with Gasteiger partial charge in [0.2, 0.25) is 0 Å². The summed E-state index contributed by atoms with van der Waals surface area (Å²) in [5.41, 5.74) is 2.34. The summed E-state index contributed by atoms with van der Waals surface area (Å²) in [6.45, 7) is 0. The Balaban J connectivity index is 1.68. The highest BCUT2D eigenvalue weighted by atomic mass is 32.1. The van der Waals surface area contributed by atoms with Crippen molar-refractivity contribution in [2.75, 3.05) is 12.4 Å². The number of anilines is 1. The van der Waals surface area contributed by atoms with Crippen LogP contribution < -0.4 is 5.32 Å². The molecule has 0 bridgehead atoms. The minimum absolute atomic E-state index is 0.336. The SMILES string of the molecule is COC1CCCCC1Nc1ccc(-c2nccs2)cc1. The minimum atomic E-state index is 0.336. The lowest BCUT2D eigenvalue weighted by atomic mass is 9.92. The Morgan fingerprint density at radius 1 is 1.20 bits per heavy atom. The highest BCUT2D eigenvalue weighted by molar-refractivity contribution is 7.13. The molecule has 1 aliphatic rings. The number of nitrogens with zero attached hydrogens (tertiary/aromatic N) is 1. The van der Waals surface area contributed by atoms with Crippen LogP contribution in [0.5, 0.6) is 0 Å². The van der Waals surface area contributed by atoms with Gasteiger partial charge in [0, 0.05) is 29.9 Å². The van der Waals surface area contributed by atoms with Crippen LogP contribution in [0.15, 0.2) is 35.8 Å². The molecule has 20 heavy (non-hydrogen) atoms. The third-order valence-electron chi connectivity index (χ3n) is 3.92. The van der Waals surface area contributed by atoms with Gasteiger partial charge in [-0.25, -0.2) is 4.98 Å². The molecule has 0 amide bonds. The molecule has 0 radical (unpaired) electrons. The summed E-state index contributed by atoms with van der Waals surface area (Å²) in [6, 6.07) is 8.97. The Morgan fingerprint density at radius 2 is 2.00 bits per heavy atom. The van der Waals surface area contributed by atoms with Crippen molar-refractivity contribution in [1.82, 2.24) is 4.98 Å². The Morgan fingerprint density at radius 3 is 2.70 bits per heavy atom. The standard InChI is InChI=1S/C16H20N2OS/c1-19-15-5-3-2-4-14(15)18-13-8-6-12(7-9-13)16-17-10-11-20-16/h6-11,14-15,18H,2-5H2,1H3. The second-order valence-electron chi connectivity index (χ2n) is 5.22. The molecule has 2 atom stereocenters. The van der Waals surface area contributed by atoms with Gasteiger partial charge in [-0.15, -0.1) is 11.3 Å². The predicted octanol–water partition coefficient (Wildman–Crippen LogP) is 4.18. The monoisotopic (exact) mass is 288 g/mol. The van der Waals surface area contributed by atoms with Gasteiger partial charge in [0.05, 0.1) is 12.1 Å². The molecule has 3 nitrogen and oxygen atoms in total. The van der Waals surface area contributed by atoms with E-state index in [9.17, 15) is 0 Å². The lowest BCUT2D eigenvalue weighted by molar-refractivity contribution is 0.0606. The van der Waals surface area contributed by atoms with Gasteiger partial charge in [0.1, 0.15) is 5.01 Å². The third-order valence-corrected chi connectivity index (χ3v) is 4.74. The van der Waals surface area contributed by atoms with Crippen molar-refractivity contribution in [2.45, 2.75) is 37.8 Å². The van der Waals surface area contributed by atoms with Crippen LogP contribution in [0.25, 0.3) is 10.6 Å². The number of benzene rings is 1. The van der Waals surface area contributed by atoms with Gasteiger partial charge < -0.3 is 10.1 Å². The molecule has 4 heteroatoms. The highest BCUT2D eigenvalue weighted by Crippen LogP contribution is 2.26. The molecule has 1 aromatic heterocycles. The molecule has 1 heterocycles.